The van der Waals surface area contributed by atoms with Crippen LogP contribution < -0.4 is 0 Å². The summed E-state index contributed by atoms with van der Waals surface area (Å²) in [5, 5.41) is 0. The van der Waals surface area contributed by atoms with Crippen molar-refractivity contribution in [3.05, 3.63) is 12.2 Å². The molecule has 0 saturated heterocycles. The lowest BCUT2D eigenvalue weighted by molar-refractivity contribution is -0.156. The van der Waals surface area contributed by atoms with Gasteiger partial charge in [0.05, 0.1) is 6.10 Å². The number of hydrogen-bond donors (Lipinski definition) is 0. The van der Waals surface area contributed by atoms with Gasteiger partial charge in [-0.15, -0.1) is 0 Å². The van der Waals surface area contributed by atoms with Gasteiger partial charge in [-0.25, -0.2) is 4.79 Å². The molecule has 0 aliphatic heterocycles. The van der Waals surface area contributed by atoms with Crippen LogP contribution in [0.15, 0.2) is 12.2 Å². The van der Waals surface area contributed by atoms with Gasteiger partial charge < -0.3 is 4.74 Å². The maximum absolute atomic E-state index is 10.9. The third-order valence-electron chi connectivity index (χ3n) is 1.11. The molecule has 0 spiro atoms. The highest BCUT2D eigenvalue weighted by Crippen LogP contribution is 1.94. The van der Waals surface area contributed by atoms with Crippen LogP contribution in [-0.4, -0.2) is 17.9 Å². The molecule has 0 aromatic heterocycles. The third kappa shape index (κ3) is 4.66. The van der Waals surface area contributed by atoms with Crippen LogP contribution in [0.3, 0.4) is 0 Å². The van der Waals surface area contributed by atoms with E-state index in [1.54, 1.807) is 32.9 Å². The smallest absolute Gasteiger partial charge is 0.375 e. The molecule has 0 saturated carbocycles. The molecular formula is C9H14O3. The molecule has 0 aliphatic rings. The molecule has 68 valence electrons. The summed E-state index contributed by atoms with van der Waals surface area (Å²) in [6.07, 6.45) is 3.25. The van der Waals surface area contributed by atoms with E-state index < -0.39 is 11.8 Å². The van der Waals surface area contributed by atoms with Crippen molar-refractivity contribution < 1.29 is 14.3 Å². The zero-order valence-electron chi connectivity index (χ0n) is 7.66. The Balaban J connectivity index is 3.85. The average Bonchev–Trinajstić information content (AvgIpc) is 1.98. The Bertz CT molecular complexity index is 192. The summed E-state index contributed by atoms with van der Waals surface area (Å²) in [6.45, 7) is 5.21. The van der Waals surface area contributed by atoms with Crippen LogP contribution in [-0.2, 0) is 14.3 Å². The Morgan fingerprint density at radius 3 is 2.42 bits per heavy atom. The predicted molar refractivity (Wildman–Crippen MR) is 45.7 cm³/mol. The van der Waals surface area contributed by atoms with Gasteiger partial charge in [0.2, 0.25) is 5.78 Å². The van der Waals surface area contributed by atoms with Crippen molar-refractivity contribution in [1.82, 2.24) is 0 Å². The first-order valence-electron chi connectivity index (χ1n) is 3.93. The van der Waals surface area contributed by atoms with Gasteiger partial charge in [-0.2, -0.15) is 0 Å². The van der Waals surface area contributed by atoms with Crippen LogP contribution in [0.5, 0.6) is 0 Å². The Kier molecular flexibility index (Phi) is 5.00. The van der Waals surface area contributed by atoms with E-state index in [2.05, 4.69) is 4.74 Å². The molecule has 0 heterocycles. The minimum absolute atomic E-state index is 0.127. The van der Waals surface area contributed by atoms with E-state index in [1.165, 1.54) is 0 Å². The van der Waals surface area contributed by atoms with Crippen LogP contribution in [0.1, 0.15) is 27.2 Å². The normalized spacial score (nSPS) is 10.7. The maximum atomic E-state index is 10.9. The lowest BCUT2D eigenvalue weighted by Crippen LogP contribution is -2.20. The molecule has 0 bridgehead atoms. The number of carbonyl (C=O) groups is 2. The molecule has 0 rings (SSSR count). The Morgan fingerprint density at radius 1 is 1.42 bits per heavy atom. The van der Waals surface area contributed by atoms with Crippen molar-refractivity contribution in [3.8, 4) is 0 Å². The first kappa shape index (κ1) is 10.9. The lowest BCUT2D eigenvalue weighted by Gasteiger charge is -2.04. The van der Waals surface area contributed by atoms with Crippen molar-refractivity contribution in [1.29, 1.82) is 0 Å². The van der Waals surface area contributed by atoms with Gasteiger partial charge in [-0.3, -0.25) is 4.79 Å². The lowest BCUT2D eigenvalue weighted by atomic mass is 10.2. The highest BCUT2D eigenvalue weighted by Gasteiger charge is 2.14. The Hall–Kier alpha value is -1.12. The average molecular weight is 170 g/mol. The molecule has 0 aromatic rings. The fraction of sp³-hybridized carbons (Fsp3) is 0.556. The summed E-state index contributed by atoms with van der Waals surface area (Å²) in [4.78, 5) is 21.8. The summed E-state index contributed by atoms with van der Waals surface area (Å²) in [5.74, 6) is -1.25. The van der Waals surface area contributed by atoms with Gasteiger partial charge in [0.1, 0.15) is 0 Å². The summed E-state index contributed by atoms with van der Waals surface area (Å²) in [5.41, 5.74) is 0. The van der Waals surface area contributed by atoms with Crippen LogP contribution in [0, 0.1) is 0 Å². The molecule has 0 amide bonds. The third-order valence-corrected chi connectivity index (χ3v) is 1.11. The molecule has 0 N–H and O–H groups in total. The van der Waals surface area contributed by atoms with Gasteiger partial charge in [0, 0.05) is 6.42 Å². The largest absolute Gasteiger partial charge is 0.457 e. The van der Waals surface area contributed by atoms with Crippen LogP contribution in [0.25, 0.3) is 0 Å². The van der Waals surface area contributed by atoms with Gasteiger partial charge in [-0.1, -0.05) is 12.2 Å². The minimum atomic E-state index is -0.747. The van der Waals surface area contributed by atoms with Crippen molar-refractivity contribution in [2.45, 2.75) is 33.3 Å². The quantitative estimate of drug-likeness (QED) is 0.364. The van der Waals surface area contributed by atoms with E-state index in [4.69, 9.17) is 0 Å². The first-order chi connectivity index (χ1) is 5.57. The summed E-state index contributed by atoms with van der Waals surface area (Å²) >= 11 is 0. The minimum Gasteiger partial charge on any atom is -0.457 e. The van der Waals surface area contributed by atoms with Gasteiger partial charge in [0.15, 0.2) is 0 Å². The van der Waals surface area contributed by atoms with Crippen LogP contribution in [0.4, 0.5) is 0 Å². The number of Topliss-reactive ketones (excluding diaryl/α,β-unsaturated/α-hetero) is 1. The standard InChI is InChI=1S/C9H14O3/c1-4-5-6-8(10)9(11)12-7(2)3/h4-5,7H,6H2,1-3H3/b5-4+. The molecule has 0 fully saturated rings. The zero-order valence-corrected chi connectivity index (χ0v) is 7.66. The van der Waals surface area contributed by atoms with Crippen LogP contribution in [0.2, 0.25) is 0 Å². The number of carbonyl (C=O) groups excluding carboxylic acids is 2. The number of allylic oxidation sites excluding steroid dienone is 2. The molecule has 3 heteroatoms. The summed E-state index contributed by atoms with van der Waals surface area (Å²) < 4.78 is 4.69. The molecule has 0 radical (unpaired) electrons. The highest BCUT2D eigenvalue weighted by atomic mass is 16.5. The van der Waals surface area contributed by atoms with Gasteiger partial charge in [0.25, 0.3) is 0 Å². The summed E-state index contributed by atoms with van der Waals surface area (Å²) in [7, 11) is 0. The molecule has 3 nitrogen and oxygen atoms in total. The fourth-order valence-electron chi connectivity index (χ4n) is 0.588. The molecule has 0 aromatic carbocycles. The van der Waals surface area contributed by atoms with E-state index in [0.717, 1.165) is 0 Å². The van der Waals surface area contributed by atoms with E-state index in [-0.39, 0.29) is 12.5 Å². The highest BCUT2D eigenvalue weighted by molar-refractivity contribution is 6.33. The van der Waals surface area contributed by atoms with Crippen molar-refractivity contribution in [2.24, 2.45) is 0 Å². The molecule has 0 atom stereocenters. The van der Waals surface area contributed by atoms with E-state index in [0.29, 0.717) is 0 Å². The van der Waals surface area contributed by atoms with E-state index in [9.17, 15) is 9.59 Å². The second-order valence-electron chi connectivity index (χ2n) is 2.65. The maximum Gasteiger partial charge on any atom is 0.375 e. The molecule has 0 aliphatic carbocycles. The summed E-state index contributed by atoms with van der Waals surface area (Å²) in [6, 6.07) is 0. The SMILES string of the molecule is C/C=C/CC(=O)C(=O)OC(C)C. The predicted octanol–water partition coefficient (Wildman–Crippen LogP) is 1.47. The molecular weight excluding hydrogens is 156 g/mol. The number of ketones is 1. The van der Waals surface area contributed by atoms with Crippen LogP contribution >= 0.6 is 0 Å². The van der Waals surface area contributed by atoms with Gasteiger partial charge in [-0.05, 0) is 20.8 Å². The monoisotopic (exact) mass is 170 g/mol. The second kappa shape index (κ2) is 5.52. The molecule has 0 unspecified atom stereocenters. The van der Waals surface area contributed by atoms with Crippen molar-refractivity contribution in [3.63, 3.8) is 0 Å². The van der Waals surface area contributed by atoms with Gasteiger partial charge >= 0.3 is 5.97 Å². The number of rotatable bonds is 4. The zero-order chi connectivity index (χ0) is 9.56. The van der Waals surface area contributed by atoms with E-state index in [1.807, 2.05) is 0 Å². The second-order valence-corrected chi connectivity index (χ2v) is 2.65. The topological polar surface area (TPSA) is 43.4 Å². The number of esters is 1. The Labute approximate surface area is 72.4 Å². The first-order valence-corrected chi connectivity index (χ1v) is 3.93. The van der Waals surface area contributed by atoms with Crippen molar-refractivity contribution in [2.75, 3.05) is 0 Å². The van der Waals surface area contributed by atoms with Crippen molar-refractivity contribution >= 4 is 11.8 Å². The Morgan fingerprint density at radius 2 is 2.00 bits per heavy atom. The van der Waals surface area contributed by atoms with E-state index >= 15 is 0 Å². The fourth-order valence-corrected chi connectivity index (χ4v) is 0.588. The number of hydrogen-bond acceptors (Lipinski definition) is 3. The molecule has 12 heavy (non-hydrogen) atoms. The number of ether oxygens (including phenoxy) is 1.